The molecule has 0 aliphatic carbocycles. The molecule has 4 heterocycles. The van der Waals surface area contributed by atoms with Crippen LogP contribution >= 0.6 is 11.3 Å². The second kappa shape index (κ2) is 16.1. The van der Waals surface area contributed by atoms with E-state index < -0.39 is 17.8 Å². The summed E-state index contributed by atoms with van der Waals surface area (Å²) in [7, 11) is 3.70. The van der Waals surface area contributed by atoms with Crippen LogP contribution in [0.4, 0.5) is 24.7 Å². The van der Waals surface area contributed by atoms with Gasteiger partial charge in [-0.25, -0.2) is 9.97 Å². The number of pyridine rings is 1. The predicted octanol–water partition coefficient (Wildman–Crippen LogP) is 8.15. The van der Waals surface area contributed by atoms with Gasteiger partial charge >= 0.3 is 6.18 Å². The van der Waals surface area contributed by atoms with Crippen molar-refractivity contribution in [1.82, 2.24) is 20.2 Å². The van der Waals surface area contributed by atoms with Crippen molar-refractivity contribution in [2.75, 3.05) is 50.7 Å². The van der Waals surface area contributed by atoms with E-state index in [1.807, 2.05) is 43.3 Å². The third-order valence-electron chi connectivity index (χ3n) is 9.59. The highest BCUT2D eigenvalue weighted by atomic mass is 32.1. The van der Waals surface area contributed by atoms with Crippen molar-refractivity contribution in [3.05, 3.63) is 102 Å². The highest BCUT2D eigenvalue weighted by Crippen LogP contribution is 2.42. The molecule has 2 amide bonds. The van der Waals surface area contributed by atoms with Gasteiger partial charge in [0, 0.05) is 81.1 Å². The Hall–Kier alpha value is -5.47. The molecule has 0 radical (unpaired) electrons. The van der Waals surface area contributed by atoms with Crippen molar-refractivity contribution in [2.24, 2.45) is 0 Å². The maximum absolute atomic E-state index is 14.3. The fourth-order valence-electron chi connectivity index (χ4n) is 6.70. The van der Waals surface area contributed by atoms with Crippen LogP contribution in [-0.4, -0.2) is 73.2 Å². The number of halogens is 3. The molecule has 2 aliphatic rings. The number of allylic oxidation sites excluding steroid dienone is 1. The van der Waals surface area contributed by atoms with Crippen molar-refractivity contribution >= 4 is 44.9 Å². The summed E-state index contributed by atoms with van der Waals surface area (Å²) in [4.78, 5) is 37.7. The zero-order valence-corrected chi connectivity index (χ0v) is 31.4. The Morgan fingerprint density at radius 1 is 0.982 bits per heavy atom. The average Bonchev–Trinajstić information content (AvgIpc) is 3.73. The zero-order valence-electron chi connectivity index (χ0n) is 30.5. The predicted molar refractivity (Wildman–Crippen MR) is 208 cm³/mol. The molecule has 55 heavy (non-hydrogen) atoms. The second-order valence-electron chi connectivity index (χ2n) is 13.8. The van der Waals surface area contributed by atoms with Gasteiger partial charge < -0.3 is 29.9 Å². The summed E-state index contributed by atoms with van der Waals surface area (Å²) in [6, 6.07) is 18.4. The lowest BCUT2D eigenvalue weighted by molar-refractivity contribution is -0.137. The minimum absolute atomic E-state index is 0.0430. The number of carbonyl (C=O) groups excluding carboxylic acids is 2. The smallest absolute Gasteiger partial charge is 0.417 e. The molecule has 7 rings (SSSR count). The quantitative estimate of drug-likeness (QED) is 0.109. The lowest BCUT2D eigenvalue weighted by Crippen LogP contribution is -2.49. The molecule has 1 saturated heterocycles. The SMILES string of the molecule is C=C1CCC(N2Cc3cc(OCCCOCCCNc4ccc5nc(-c6ccc(-c7ccc(N(C)C)nc7)cc6C(F)(F)F)sc5c4)ccc3C2=O)C(=O)N1. The van der Waals surface area contributed by atoms with Gasteiger partial charge in [-0.1, -0.05) is 18.7 Å². The van der Waals surface area contributed by atoms with Crippen molar-refractivity contribution in [3.63, 3.8) is 0 Å². The van der Waals surface area contributed by atoms with Crippen molar-refractivity contribution < 1.29 is 32.2 Å². The lowest BCUT2D eigenvalue weighted by atomic mass is 10.00. The van der Waals surface area contributed by atoms with Gasteiger partial charge in [-0.3, -0.25) is 9.59 Å². The van der Waals surface area contributed by atoms with Gasteiger partial charge in [0.25, 0.3) is 5.91 Å². The molecule has 3 aromatic carbocycles. The number of carbonyl (C=O) groups is 2. The molecule has 0 spiro atoms. The van der Waals surface area contributed by atoms with E-state index in [0.29, 0.717) is 90.8 Å². The number of aromatic nitrogens is 2. The molecule has 0 saturated carbocycles. The number of nitrogens with zero attached hydrogens (tertiary/aromatic N) is 4. The lowest BCUT2D eigenvalue weighted by Gasteiger charge is -2.30. The summed E-state index contributed by atoms with van der Waals surface area (Å²) in [6.45, 7) is 6.36. The molecule has 5 aromatic rings. The first-order valence-corrected chi connectivity index (χ1v) is 18.9. The van der Waals surface area contributed by atoms with Crippen LogP contribution < -0.4 is 20.3 Å². The Morgan fingerprint density at radius 2 is 1.78 bits per heavy atom. The van der Waals surface area contributed by atoms with Crippen LogP contribution in [0.25, 0.3) is 31.9 Å². The van der Waals surface area contributed by atoms with Gasteiger partial charge in [0.1, 0.15) is 22.6 Å². The van der Waals surface area contributed by atoms with Crippen LogP contribution in [0, 0.1) is 0 Å². The number of thiazole rings is 1. The number of ether oxygens (including phenoxy) is 2. The van der Waals surface area contributed by atoms with E-state index in [2.05, 4.69) is 27.2 Å². The fraction of sp³-hybridized carbons (Fsp3) is 0.317. The minimum atomic E-state index is -4.57. The third kappa shape index (κ3) is 8.60. The number of alkyl halides is 3. The molecule has 10 nitrogen and oxygen atoms in total. The highest BCUT2D eigenvalue weighted by molar-refractivity contribution is 7.21. The number of rotatable bonds is 14. The van der Waals surface area contributed by atoms with E-state index in [1.165, 1.54) is 23.5 Å². The fourth-order valence-corrected chi connectivity index (χ4v) is 7.74. The standard InChI is InChI=1S/C41H41F3N6O4S/c1-25-6-14-35(38(51)47-25)50-24-28-20-30(10-12-31(28)40(50)52)54-19-5-18-53-17-4-16-45-29-9-13-34-36(22-29)55-39(48-34)32-11-7-26(21-33(32)41(42,43)44)27-8-15-37(46-23-27)49(2)3/h7-13,15,20-23,35,45H,1,4-6,14,16-19,24H2,2-3H3,(H,47,51). The van der Waals surface area contributed by atoms with Gasteiger partial charge in [0.05, 0.1) is 22.4 Å². The number of fused-ring (bicyclic) bond motifs is 2. The molecule has 286 valence electrons. The first kappa shape index (κ1) is 37.8. The summed E-state index contributed by atoms with van der Waals surface area (Å²) in [5.41, 5.74) is 3.94. The van der Waals surface area contributed by atoms with Gasteiger partial charge in [-0.15, -0.1) is 11.3 Å². The molecule has 2 aliphatic heterocycles. The topological polar surface area (TPSA) is 109 Å². The summed E-state index contributed by atoms with van der Waals surface area (Å²) in [6.07, 6.45) is -0.332. The Kier molecular flexibility index (Phi) is 11.1. The molecule has 1 fully saturated rings. The van der Waals surface area contributed by atoms with E-state index in [-0.39, 0.29) is 17.4 Å². The van der Waals surface area contributed by atoms with Crippen LogP contribution in [0.3, 0.4) is 0 Å². The Labute approximate surface area is 321 Å². The molecular weight excluding hydrogens is 730 g/mol. The van der Waals surface area contributed by atoms with Crippen LogP contribution in [0.15, 0.2) is 85.2 Å². The summed E-state index contributed by atoms with van der Waals surface area (Å²) < 4.78 is 55.4. The minimum Gasteiger partial charge on any atom is -0.493 e. The van der Waals surface area contributed by atoms with E-state index in [0.717, 1.165) is 28.2 Å². The van der Waals surface area contributed by atoms with Crippen molar-refractivity contribution in [2.45, 2.75) is 44.4 Å². The summed E-state index contributed by atoms with van der Waals surface area (Å²) in [5, 5.41) is 6.42. The number of nitrogens with one attached hydrogen (secondary N) is 2. The number of hydrogen-bond donors (Lipinski definition) is 2. The van der Waals surface area contributed by atoms with Gasteiger partial charge in [-0.2, -0.15) is 13.2 Å². The largest absolute Gasteiger partial charge is 0.493 e. The molecule has 0 bridgehead atoms. The van der Waals surface area contributed by atoms with E-state index >= 15 is 0 Å². The van der Waals surface area contributed by atoms with E-state index in [9.17, 15) is 22.8 Å². The van der Waals surface area contributed by atoms with E-state index in [1.54, 1.807) is 41.4 Å². The van der Waals surface area contributed by atoms with Crippen LogP contribution in [0.5, 0.6) is 5.75 Å². The first-order valence-electron chi connectivity index (χ1n) is 18.1. The first-order chi connectivity index (χ1) is 26.4. The summed E-state index contributed by atoms with van der Waals surface area (Å²) in [5.74, 6) is 1.05. The van der Waals surface area contributed by atoms with E-state index in [4.69, 9.17) is 9.47 Å². The number of anilines is 2. The second-order valence-corrected chi connectivity index (χ2v) is 14.8. The number of benzene rings is 3. The number of amides is 2. The Balaban J connectivity index is 0.855. The Morgan fingerprint density at radius 3 is 2.55 bits per heavy atom. The van der Waals surface area contributed by atoms with Gasteiger partial charge in [0.15, 0.2) is 0 Å². The van der Waals surface area contributed by atoms with Crippen molar-refractivity contribution in [3.8, 4) is 27.4 Å². The normalized spacial score (nSPS) is 15.7. The maximum Gasteiger partial charge on any atom is 0.417 e. The van der Waals surface area contributed by atoms with Crippen LogP contribution in [0.1, 0.15) is 47.2 Å². The van der Waals surface area contributed by atoms with Crippen LogP contribution in [0.2, 0.25) is 0 Å². The van der Waals surface area contributed by atoms with Crippen LogP contribution in [-0.2, 0) is 22.3 Å². The molecule has 14 heteroatoms. The van der Waals surface area contributed by atoms with Gasteiger partial charge in [-0.05, 0) is 85.0 Å². The zero-order chi connectivity index (χ0) is 38.7. The molecule has 2 aromatic heterocycles. The van der Waals surface area contributed by atoms with Gasteiger partial charge in [0.2, 0.25) is 5.91 Å². The third-order valence-corrected chi connectivity index (χ3v) is 10.6. The monoisotopic (exact) mass is 770 g/mol. The molecule has 2 N–H and O–H groups in total. The number of hydrogen-bond acceptors (Lipinski definition) is 9. The molecule has 1 unspecified atom stereocenters. The molecular formula is C41H41F3N6O4S. The molecule has 1 atom stereocenters. The average molecular weight is 771 g/mol. The van der Waals surface area contributed by atoms with Crippen molar-refractivity contribution in [1.29, 1.82) is 0 Å². The highest BCUT2D eigenvalue weighted by Gasteiger charge is 2.38. The number of piperidine rings is 1. The Bertz CT molecular complexity index is 2220. The summed E-state index contributed by atoms with van der Waals surface area (Å²) >= 11 is 1.23. The maximum atomic E-state index is 14.3.